The Labute approximate surface area is 199 Å². The largest absolute Gasteiger partial charge is 0.508 e. The van der Waals surface area contributed by atoms with Gasteiger partial charge in [0.15, 0.2) is 0 Å². The van der Waals surface area contributed by atoms with Crippen LogP contribution in [0.25, 0.3) is 0 Å². The van der Waals surface area contributed by atoms with Crippen LogP contribution in [0.4, 0.5) is 5.69 Å². The molecule has 34 heavy (non-hydrogen) atoms. The lowest BCUT2D eigenvalue weighted by Gasteiger charge is -2.34. The van der Waals surface area contributed by atoms with Gasteiger partial charge in [-0.15, -0.1) is 0 Å². The monoisotopic (exact) mass is 480 g/mol. The number of sulfonamides is 1. The Hall–Kier alpha value is -3.36. The van der Waals surface area contributed by atoms with Gasteiger partial charge in [0, 0.05) is 18.8 Å². The van der Waals surface area contributed by atoms with E-state index in [1.165, 1.54) is 29.8 Å². The minimum Gasteiger partial charge on any atom is -0.508 e. The Balaban J connectivity index is 1.40. The summed E-state index contributed by atoms with van der Waals surface area (Å²) in [4.78, 5) is 14.0. The summed E-state index contributed by atoms with van der Waals surface area (Å²) in [5, 5.41) is 18.9. The van der Waals surface area contributed by atoms with E-state index in [-0.39, 0.29) is 17.1 Å². The van der Waals surface area contributed by atoms with Gasteiger partial charge in [0.2, 0.25) is 10.0 Å². The molecule has 1 heterocycles. The number of carboxylic acid groups (broad SMARTS) is 1. The minimum atomic E-state index is -4.02. The zero-order valence-corrected chi connectivity index (χ0v) is 19.5. The molecule has 3 N–H and O–H groups in total. The SMILES string of the molecule is O=C(O)C(Cc1ccc(O)cc1)NS(=O)(=O)c1ccc(N2CCC(c3ccccc3)CC2)cc1. The molecule has 0 saturated carbocycles. The summed E-state index contributed by atoms with van der Waals surface area (Å²) in [5.74, 6) is -0.682. The standard InChI is InChI=1S/C26H28N2O5S/c29-23-10-6-19(7-11-23)18-25(26(30)31)27-34(32,33)24-12-8-22(9-13-24)28-16-14-21(15-17-28)20-4-2-1-3-5-20/h1-13,21,25,27,29H,14-18H2,(H,30,31). The molecule has 1 unspecified atom stereocenters. The zero-order chi connectivity index (χ0) is 24.1. The Morgan fingerprint density at radius 3 is 2.15 bits per heavy atom. The highest BCUT2D eigenvalue weighted by molar-refractivity contribution is 7.89. The van der Waals surface area contributed by atoms with Crippen LogP contribution in [0.15, 0.2) is 83.8 Å². The fourth-order valence-corrected chi connectivity index (χ4v) is 5.52. The van der Waals surface area contributed by atoms with Crippen molar-refractivity contribution in [3.8, 4) is 5.75 Å². The fraction of sp³-hybridized carbons (Fsp3) is 0.269. The van der Waals surface area contributed by atoms with Gasteiger partial charge in [-0.1, -0.05) is 42.5 Å². The number of aromatic hydroxyl groups is 1. The highest BCUT2D eigenvalue weighted by atomic mass is 32.2. The summed E-state index contributed by atoms with van der Waals surface area (Å²) >= 11 is 0. The topological polar surface area (TPSA) is 107 Å². The number of nitrogens with zero attached hydrogens (tertiary/aromatic N) is 1. The molecule has 0 amide bonds. The lowest BCUT2D eigenvalue weighted by molar-refractivity contribution is -0.138. The van der Waals surface area contributed by atoms with Crippen LogP contribution in [0.2, 0.25) is 0 Å². The summed E-state index contributed by atoms with van der Waals surface area (Å²) in [6, 6.07) is 21.7. The molecular weight excluding hydrogens is 452 g/mol. The lowest BCUT2D eigenvalue weighted by atomic mass is 9.89. The predicted octanol–water partition coefficient (Wildman–Crippen LogP) is 3.75. The number of carbonyl (C=O) groups is 1. The van der Waals surface area contributed by atoms with E-state index in [2.05, 4.69) is 33.9 Å². The molecule has 1 aliphatic heterocycles. The van der Waals surface area contributed by atoms with Gasteiger partial charge in [-0.3, -0.25) is 4.79 Å². The number of hydrogen-bond donors (Lipinski definition) is 3. The Bertz CT molecular complexity index is 1200. The number of hydrogen-bond acceptors (Lipinski definition) is 5. The first kappa shape index (κ1) is 23.8. The van der Waals surface area contributed by atoms with Gasteiger partial charge in [0.25, 0.3) is 0 Å². The normalized spacial score (nSPS) is 15.7. The van der Waals surface area contributed by atoms with Crippen molar-refractivity contribution >= 4 is 21.7 Å². The molecule has 3 aromatic carbocycles. The number of benzene rings is 3. The minimum absolute atomic E-state index is 0.0207. The maximum Gasteiger partial charge on any atom is 0.322 e. The highest BCUT2D eigenvalue weighted by Gasteiger charge is 2.26. The number of nitrogens with one attached hydrogen (secondary N) is 1. The summed E-state index contributed by atoms with van der Waals surface area (Å²) < 4.78 is 28.0. The lowest BCUT2D eigenvalue weighted by Crippen LogP contribution is -2.42. The zero-order valence-electron chi connectivity index (χ0n) is 18.7. The number of rotatable bonds is 8. The average molecular weight is 481 g/mol. The number of phenolic OH excluding ortho intramolecular Hbond substituents is 1. The van der Waals surface area contributed by atoms with E-state index in [0.717, 1.165) is 31.6 Å². The van der Waals surface area contributed by atoms with E-state index in [9.17, 15) is 23.4 Å². The quantitative estimate of drug-likeness (QED) is 0.453. The van der Waals surface area contributed by atoms with Crippen LogP contribution in [0.3, 0.4) is 0 Å². The molecule has 8 heteroatoms. The second-order valence-corrected chi connectivity index (χ2v) is 10.3. The molecule has 0 radical (unpaired) electrons. The van der Waals surface area contributed by atoms with E-state index >= 15 is 0 Å². The Morgan fingerprint density at radius 2 is 1.56 bits per heavy atom. The number of aliphatic carboxylic acids is 1. The molecule has 3 aromatic rings. The van der Waals surface area contributed by atoms with Crippen molar-refractivity contribution in [3.05, 3.63) is 90.0 Å². The van der Waals surface area contributed by atoms with E-state index in [4.69, 9.17) is 0 Å². The summed E-state index contributed by atoms with van der Waals surface area (Å²) in [6.07, 6.45) is 2.02. The Morgan fingerprint density at radius 1 is 0.941 bits per heavy atom. The van der Waals surface area contributed by atoms with Gasteiger partial charge < -0.3 is 15.1 Å². The molecule has 1 atom stereocenters. The van der Waals surface area contributed by atoms with E-state index in [1.807, 2.05) is 6.07 Å². The van der Waals surface area contributed by atoms with Crippen molar-refractivity contribution in [1.29, 1.82) is 0 Å². The molecule has 0 spiro atoms. The molecule has 0 aromatic heterocycles. The molecule has 1 fully saturated rings. The van der Waals surface area contributed by atoms with Crippen molar-refractivity contribution < 1.29 is 23.4 Å². The second kappa shape index (κ2) is 10.3. The number of anilines is 1. The van der Waals surface area contributed by atoms with Crippen LogP contribution in [-0.2, 0) is 21.2 Å². The number of carboxylic acids is 1. The second-order valence-electron chi connectivity index (χ2n) is 8.55. The summed E-state index contributed by atoms with van der Waals surface area (Å²) in [6.45, 7) is 1.77. The van der Waals surface area contributed by atoms with Crippen LogP contribution < -0.4 is 9.62 Å². The number of phenols is 1. The maximum absolute atomic E-state index is 12.9. The molecule has 1 aliphatic rings. The van der Waals surface area contributed by atoms with Crippen LogP contribution in [0, 0.1) is 0 Å². The van der Waals surface area contributed by atoms with Crippen molar-refractivity contribution in [3.63, 3.8) is 0 Å². The third-order valence-corrected chi connectivity index (χ3v) is 7.74. The van der Waals surface area contributed by atoms with Gasteiger partial charge >= 0.3 is 5.97 Å². The molecule has 0 bridgehead atoms. The first-order chi connectivity index (χ1) is 16.3. The smallest absolute Gasteiger partial charge is 0.322 e. The van der Waals surface area contributed by atoms with Crippen molar-refractivity contribution in [1.82, 2.24) is 4.72 Å². The number of piperidine rings is 1. The van der Waals surface area contributed by atoms with Crippen molar-refractivity contribution in [2.75, 3.05) is 18.0 Å². The first-order valence-corrected chi connectivity index (χ1v) is 12.7. The maximum atomic E-state index is 12.9. The average Bonchev–Trinajstić information content (AvgIpc) is 2.85. The van der Waals surface area contributed by atoms with Gasteiger partial charge in [-0.05, 0) is 72.7 Å². The predicted molar refractivity (Wildman–Crippen MR) is 131 cm³/mol. The van der Waals surface area contributed by atoms with Crippen LogP contribution >= 0.6 is 0 Å². The van der Waals surface area contributed by atoms with Crippen molar-refractivity contribution in [2.24, 2.45) is 0 Å². The van der Waals surface area contributed by atoms with Crippen LogP contribution in [0.5, 0.6) is 5.75 Å². The van der Waals surface area contributed by atoms with Gasteiger partial charge in [-0.25, -0.2) is 8.42 Å². The van der Waals surface area contributed by atoms with E-state index in [1.54, 1.807) is 24.3 Å². The Kier molecular flexibility index (Phi) is 7.19. The summed E-state index contributed by atoms with van der Waals surface area (Å²) in [5.41, 5.74) is 2.90. The van der Waals surface area contributed by atoms with Crippen LogP contribution in [-0.4, -0.2) is 43.7 Å². The third kappa shape index (κ3) is 5.76. The van der Waals surface area contributed by atoms with Crippen LogP contribution in [0.1, 0.15) is 29.9 Å². The van der Waals surface area contributed by atoms with Gasteiger partial charge in [0.1, 0.15) is 11.8 Å². The molecule has 1 saturated heterocycles. The fourth-order valence-electron chi connectivity index (χ4n) is 4.33. The molecule has 178 valence electrons. The molecule has 0 aliphatic carbocycles. The van der Waals surface area contributed by atoms with Gasteiger partial charge in [-0.2, -0.15) is 4.72 Å². The first-order valence-electron chi connectivity index (χ1n) is 11.2. The van der Waals surface area contributed by atoms with E-state index < -0.39 is 22.0 Å². The van der Waals surface area contributed by atoms with Gasteiger partial charge in [0.05, 0.1) is 4.90 Å². The molecular formula is C26H28N2O5S. The molecule has 4 rings (SSSR count). The van der Waals surface area contributed by atoms with E-state index in [0.29, 0.717) is 11.5 Å². The highest BCUT2D eigenvalue weighted by Crippen LogP contribution is 2.30. The third-order valence-electron chi connectivity index (χ3n) is 6.25. The summed E-state index contributed by atoms with van der Waals surface area (Å²) in [7, 11) is -4.02. The molecule has 7 nitrogen and oxygen atoms in total. The van der Waals surface area contributed by atoms with Crippen molar-refractivity contribution in [2.45, 2.75) is 36.1 Å².